The molecule has 0 aliphatic carbocycles. The quantitative estimate of drug-likeness (QED) is 0.418. The lowest BCUT2D eigenvalue weighted by Crippen LogP contribution is -1.98. The van der Waals surface area contributed by atoms with Crippen LogP contribution < -0.4 is 10.1 Å². The first-order valence-electron chi connectivity index (χ1n) is 9.47. The van der Waals surface area contributed by atoms with Crippen molar-refractivity contribution in [2.24, 2.45) is 5.92 Å². The van der Waals surface area contributed by atoms with Crippen LogP contribution in [0.3, 0.4) is 0 Å². The van der Waals surface area contributed by atoms with Crippen molar-refractivity contribution in [1.82, 2.24) is 14.4 Å². The maximum Gasteiger partial charge on any atom is 0.181 e. The summed E-state index contributed by atoms with van der Waals surface area (Å²) in [6.45, 7) is 6.14. The number of imidazole rings is 1. The number of anilines is 2. The Labute approximate surface area is 180 Å². The molecule has 6 nitrogen and oxygen atoms in total. The predicted octanol–water partition coefficient (Wildman–Crippen LogP) is 5.81. The van der Waals surface area contributed by atoms with Crippen LogP contribution in [-0.2, 0) is 6.42 Å². The van der Waals surface area contributed by atoms with Gasteiger partial charge in [0.25, 0.3) is 0 Å². The van der Waals surface area contributed by atoms with Crippen LogP contribution >= 0.6 is 12.4 Å². The van der Waals surface area contributed by atoms with Crippen molar-refractivity contribution in [3.63, 3.8) is 0 Å². The normalized spacial score (nSPS) is 11.0. The average molecular weight is 431 g/mol. The number of methoxy groups -OCH3 is 1. The minimum Gasteiger partial charge on any atom is -0.496 e. The highest BCUT2D eigenvalue weighted by molar-refractivity contribution is 5.85. The van der Waals surface area contributed by atoms with Gasteiger partial charge < -0.3 is 18.9 Å². The molecule has 0 saturated heterocycles. The van der Waals surface area contributed by atoms with E-state index in [1.807, 2.05) is 31.3 Å². The molecule has 0 amide bonds. The lowest BCUT2D eigenvalue weighted by Gasteiger charge is -2.12. The van der Waals surface area contributed by atoms with Crippen LogP contribution in [0.1, 0.15) is 25.2 Å². The Morgan fingerprint density at radius 1 is 1.23 bits per heavy atom. The molecule has 0 spiro atoms. The Balaban J connectivity index is 0.00000256. The molecule has 1 aromatic carbocycles. The number of nitrogens with one attached hydrogen (secondary N) is 1. The predicted molar refractivity (Wildman–Crippen MR) is 117 cm³/mol. The molecular weight excluding hydrogens is 407 g/mol. The van der Waals surface area contributed by atoms with Crippen molar-refractivity contribution in [3.05, 3.63) is 60.3 Å². The second kappa shape index (κ2) is 8.75. The van der Waals surface area contributed by atoms with Crippen LogP contribution in [0.15, 0.2) is 47.5 Å². The number of ether oxygens (including phenoxy) is 1. The lowest BCUT2D eigenvalue weighted by atomic mass is 10.1. The largest absolute Gasteiger partial charge is 0.496 e. The minimum absolute atomic E-state index is 0. The fourth-order valence-corrected chi connectivity index (χ4v) is 3.40. The van der Waals surface area contributed by atoms with E-state index in [1.54, 1.807) is 11.5 Å². The number of fused-ring (bicyclic) bond motifs is 1. The number of halogens is 2. The molecule has 30 heavy (non-hydrogen) atoms. The number of hydrogen-bond acceptors (Lipinski definition) is 5. The summed E-state index contributed by atoms with van der Waals surface area (Å²) in [4.78, 5) is 8.82. The monoisotopic (exact) mass is 430 g/mol. The smallest absolute Gasteiger partial charge is 0.181 e. The molecule has 0 aliphatic rings. The van der Waals surface area contributed by atoms with Crippen LogP contribution in [0.25, 0.3) is 17.0 Å². The summed E-state index contributed by atoms with van der Waals surface area (Å²) < 4.78 is 26.9. The van der Waals surface area contributed by atoms with Gasteiger partial charge >= 0.3 is 0 Å². The maximum absolute atomic E-state index is 14.2. The van der Waals surface area contributed by atoms with E-state index >= 15 is 0 Å². The van der Waals surface area contributed by atoms with Crippen LogP contribution in [0, 0.1) is 18.7 Å². The lowest BCUT2D eigenvalue weighted by molar-refractivity contribution is 0.415. The first kappa shape index (κ1) is 21.6. The maximum atomic E-state index is 14.2. The second-order valence-electron chi connectivity index (χ2n) is 7.44. The molecule has 3 heterocycles. The van der Waals surface area contributed by atoms with Crippen molar-refractivity contribution in [3.8, 4) is 17.1 Å². The molecule has 0 saturated carbocycles. The zero-order valence-corrected chi connectivity index (χ0v) is 18.1. The Bertz CT molecular complexity index is 1170. The zero-order chi connectivity index (χ0) is 20.5. The summed E-state index contributed by atoms with van der Waals surface area (Å²) in [5.41, 5.74) is 4.54. The molecule has 8 heteroatoms. The molecule has 0 unspecified atom stereocenters. The summed E-state index contributed by atoms with van der Waals surface area (Å²) in [6.07, 6.45) is 5.56. The molecule has 0 atom stereocenters. The molecule has 158 valence electrons. The number of oxazole rings is 1. The number of hydrogen-bond donors (Lipinski definition) is 1. The van der Waals surface area contributed by atoms with Gasteiger partial charge in [-0.2, -0.15) is 0 Å². The molecule has 0 fully saturated rings. The topological polar surface area (TPSA) is 64.6 Å². The minimum atomic E-state index is -0.339. The highest BCUT2D eigenvalue weighted by Crippen LogP contribution is 2.35. The average Bonchev–Trinajstić information content (AvgIpc) is 3.26. The van der Waals surface area contributed by atoms with E-state index in [9.17, 15) is 4.39 Å². The van der Waals surface area contributed by atoms with Crippen LogP contribution in [-0.4, -0.2) is 21.5 Å². The van der Waals surface area contributed by atoms with Gasteiger partial charge in [0.05, 0.1) is 29.7 Å². The van der Waals surface area contributed by atoms with Gasteiger partial charge in [0, 0.05) is 30.2 Å². The van der Waals surface area contributed by atoms with E-state index in [2.05, 4.69) is 29.1 Å². The van der Waals surface area contributed by atoms with E-state index in [4.69, 9.17) is 9.15 Å². The third-order valence-corrected chi connectivity index (χ3v) is 4.66. The van der Waals surface area contributed by atoms with Gasteiger partial charge in [0.1, 0.15) is 11.6 Å². The van der Waals surface area contributed by atoms with Gasteiger partial charge in [-0.15, -0.1) is 12.4 Å². The summed E-state index contributed by atoms with van der Waals surface area (Å²) in [7, 11) is 1.60. The number of aromatic nitrogens is 3. The Hall–Kier alpha value is -3.06. The van der Waals surface area contributed by atoms with Gasteiger partial charge in [0.2, 0.25) is 0 Å². The van der Waals surface area contributed by atoms with Crippen molar-refractivity contribution in [2.45, 2.75) is 27.2 Å². The summed E-state index contributed by atoms with van der Waals surface area (Å²) >= 11 is 0. The zero-order valence-electron chi connectivity index (χ0n) is 17.3. The van der Waals surface area contributed by atoms with E-state index in [0.29, 0.717) is 28.8 Å². The van der Waals surface area contributed by atoms with E-state index < -0.39 is 0 Å². The third-order valence-electron chi connectivity index (χ3n) is 4.66. The molecular formula is C22H24ClFN4O2. The summed E-state index contributed by atoms with van der Waals surface area (Å²) in [5, 5.41) is 3.27. The Kier molecular flexibility index (Phi) is 6.31. The molecule has 1 N–H and O–H groups in total. The molecule has 4 rings (SSSR count). The van der Waals surface area contributed by atoms with Gasteiger partial charge in [-0.3, -0.25) is 0 Å². The van der Waals surface area contributed by atoms with E-state index in [0.717, 1.165) is 29.1 Å². The van der Waals surface area contributed by atoms with Gasteiger partial charge in [-0.1, -0.05) is 13.8 Å². The number of nitrogens with zero attached hydrogens (tertiary/aromatic N) is 3. The molecule has 0 aliphatic heterocycles. The first-order valence-corrected chi connectivity index (χ1v) is 9.47. The second-order valence-corrected chi connectivity index (χ2v) is 7.44. The Morgan fingerprint density at radius 2 is 2.03 bits per heavy atom. The Morgan fingerprint density at radius 3 is 2.70 bits per heavy atom. The molecule has 0 bridgehead atoms. The summed E-state index contributed by atoms with van der Waals surface area (Å²) in [5.74, 6) is 1.42. The number of rotatable bonds is 6. The first-order chi connectivity index (χ1) is 13.9. The van der Waals surface area contributed by atoms with Crippen LogP contribution in [0.2, 0.25) is 0 Å². The highest BCUT2D eigenvalue weighted by Gasteiger charge is 2.15. The SMILES string of the molecule is COc1cc(Nc2cc(F)cn3cc(CC(C)C)nc23)ccc1-c1ocnc1C.Cl. The molecule has 4 aromatic rings. The number of aryl methyl sites for hydroxylation is 1. The highest BCUT2D eigenvalue weighted by atomic mass is 35.5. The summed E-state index contributed by atoms with van der Waals surface area (Å²) in [6, 6.07) is 7.07. The molecule has 3 aromatic heterocycles. The van der Waals surface area contributed by atoms with E-state index in [1.165, 1.54) is 18.7 Å². The van der Waals surface area contributed by atoms with Crippen LogP contribution in [0.4, 0.5) is 15.8 Å². The van der Waals surface area contributed by atoms with Gasteiger partial charge in [0.15, 0.2) is 17.8 Å². The van der Waals surface area contributed by atoms with E-state index in [-0.39, 0.29) is 18.2 Å². The third kappa shape index (κ3) is 4.26. The molecule has 0 radical (unpaired) electrons. The fraction of sp³-hybridized carbons (Fsp3) is 0.273. The number of pyridine rings is 1. The standard InChI is InChI=1S/C22H23FN4O2.ClH/c1-13(2)7-17-11-27-10-15(23)8-19(22(27)26-17)25-16-5-6-18(20(9-16)28-4)21-14(3)24-12-29-21;/h5-6,8-13,25H,7H2,1-4H3;1H. The fourth-order valence-electron chi connectivity index (χ4n) is 3.40. The van der Waals surface area contributed by atoms with Crippen molar-refractivity contribution in [1.29, 1.82) is 0 Å². The van der Waals surface area contributed by atoms with Gasteiger partial charge in [-0.05, 0) is 31.4 Å². The van der Waals surface area contributed by atoms with Gasteiger partial charge in [-0.25, -0.2) is 14.4 Å². The van der Waals surface area contributed by atoms with Crippen LogP contribution in [0.5, 0.6) is 5.75 Å². The van der Waals surface area contributed by atoms with Crippen molar-refractivity contribution >= 4 is 29.4 Å². The van der Waals surface area contributed by atoms with Crippen molar-refractivity contribution in [2.75, 3.05) is 12.4 Å². The van der Waals surface area contributed by atoms with Crippen molar-refractivity contribution < 1.29 is 13.5 Å². The number of benzene rings is 1.